The number of hydrazine groups is 1. The summed E-state index contributed by atoms with van der Waals surface area (Å²) in [5, 5.41) is 16.8. The minimum Gasteiger partial charge on any atom is -0.382 e. The van der Waals surface area contributed by atoms with E-state index in [9.17, 15) is 5.26 Å². The maximum atomic E-state index is 9.34. The van der Waals surface area contributed by atoms with E-state index in [1.54, 1.807) is 23.6 Å². The average molecular weight is 407 g/mol. The topological polar surface area (TPSA) is 129 Å². The highest BCUT2D eigenvalue weighted by Gasteiger charge is 2.23. The fourth-order valence-electron chi connectivity index (χ4n) is 3.56. The van der Waals surface area contributed by atoms with Crippen molar-refractivity contribution in [3.05, 3.63) is 83.2 Å². The molecule has 4 heterocycles. The second kappa shape index (κ2) is 7.68. The van der Waals surface area contributed by atoms with E-state index >= 15 is 0 Å². The van der Waals surface area contributed by atoms with Gasteiger partial charge in [-0.05, 0) is 42.3 Å². The van der Waals surface area contributed by atoms with Gasteiger partial charge in [-0.3, -0.25) is 10.4 Å². The van der Waals surface area contributed by atoms with Gasteiger partial charge in [0, 0.05) is 12.4 Å². The summed E-state index contributed by atoms with van der Waals surface area (Å²) in [6, 6.07) is 9.72. The third-order valence-electron chi connectivity index (χ3n) is 4.93. The Morgan fingerprint density at radius 2 is 2.13 bits per heavy atom. The van der Waals surface area contributed by atoms with Crippen LogP contribution in [0.3, 0.4) is 0 Å². The number of hydrogen-bond acceptors (Lipinski definition) is 9. The smallest absolute Gasteiger partial charge is 0.154 e. The standard InChI is InChI=1S/C22H17N9/c23-11-14-4-3-5-15(10-14)19-18(17-7-9-25-13-27-17)20-21(22(24)28-19)30-31(29-20)12-16-6-1-2-8-26-16/h1-4,6-10,13,29H,5,12H2,(H2,24,28). The number of nitrogens with one attached hydrogen (secondary N) is 1. The van der Waals surface area contributed by atoms with Gasteiger partial charge in [0.25, 0.3) is 0 Å². The lowest BCUT2D eigenvalue weighted by Gasteiger charge is -2.16. The van der Waals surface area contributed by atoms with Crippen LogP contribution in [-0.2, 0) is 6.54 Å². The summed E-state index contributed by atoms with van der Waals surface area (Å²) >= 11 is 0. The van der Waals surface area contributed by atoms with Crippen molar-refractivity contribution in [2.45, 2.75) is 13.0 Å². The van der Waals surface area contributed by atoms with Crippen LogP contribution in [0.2, 0.25) is 0 Å². The molecule has 3 N–H and O–H groups in total. The maximum absolute atomic E-state index is 9.34. The van der Waals surface area contributed by atoms with Crippen LogP contribution in [0, 0.1) is 11.3 Å². The fourth-order valence-corrected chi connectivity index (χ4v) is 3.56. The third kappa shape index (κ3) is 3.47. The third-order valence-corrected chi connectivity index (χ3v) is 4.93. The molecule has 1 aliphatic carbocycles. The van der Waals surface area contributed by atoms with Gasteiger partial charge in [-0.25, -0.2) is 20.1 Å². The highest BCUT2D eigenvalue weighted by atomic mass is 15.7. The van der Waals surface area contributed by atoms with Crippen LogP contribution < -0.4 is 21.9 Å². The molecule has 0 radical (unpaired) electrons. The lowest BCUT2D eigenvalue weighted by molar-refractivity contribution is 0.341. The van der Waals surface area contributed by atoms with Gasteiger partial charge in [-0.2, -0.15) is 10.4 Å². The van der Waals surface area contributed by atoms with Crippen molar-refractivity contribution in [3.63, 3.8) is 0 Å². The lowest BCUT2D eigenvalue weighted by Crippen LogP contribution is -2.26. The van der Waals surface area contributed by atoms with Crippen molar-refractivity contribution in [2.24, 2.45) is 5.10 Å². The maximum Gasteiger partial charge on any atom is 0.154 e. The molecule has 3 aromatic heterocycles. The van der Waals surface area contributed by atoms with Gasteiger partial charge in [-0.1, -0.05) is 12.1 Å². The minimum atomic E-state index is 0.299. The van der Waals surface area contributed by atoms with Crippen molar-refractivity contribution in [1.29, 1.82) is 5.26 Å². The number of nitrogen functional groups attached to an aromatic ring is 1. The van der Waals surface area contributed by atoms with E-state index in [-0.39, 0.29) is 0 Å². The molecule has 0 saturated heterocycles. The molecule has 3 aromatic rings. The van der Waals surface area contributed by atoms with E-state index in [1.165, 1.54) is 6.33 Å². The van der Waals surface area contributed by atoms with Gasteiger partial charge in [0.05, 0.1) is 39.6 Å². The Morgan fingerprint density at radius 3 is 2.90 bits per heavy atom. The Hall–Kier alpha value is -4.58. The molecular formula is C22H17N9. The first-order valence-electron chi connectivity index (χ1n) is 9.63. The first-order valence-corrected chi connectivity index (χ1v) is 9.63. The van der Waals surface area contributed by atoms with E-state index in [1.807, 2.05) is 36.4 Å². The summed E-state index contributed by atoms with van der Waals surface area (Å²) in [6.07, 6.45) is 11.1. The quantitative estimate of drug-likeness (QED) is 0.667. The Labute approximate surface area is 177 Å². The second-order valence-electron chi connectivity index (χ2n) is 6.97. The fraction of sp³-hybridized carbons (Fsp3) is 0.0909. The average Bonchev–Trinajstić information content (AvgIpc) is 3.24. The van der Waals surface area contributed by atoms with Crippen molar-refractivity contribution in [2.75, 3.05) is 11.2 Å². The van der Waals surface area contributed by atoms with E-state index in [0.717, 1.165) is 16.8 Å². The Balaban J connectivity index is 1.70. The van der Waals surface area contributed by atoms with Crippen molar-refractivity contribution >= 4 is 17.1 Å². The molecule has 0 spiro atoms. The monoisotopic (exact) mass is 407 g/mol. The van der Waals surface area contributed by atoms with E-state index in [2.05, 4.69) is 36.5 Å². The van der Waals surface area contributed by atoms with Crippen LogP contribution in [0.5, 0.6) is 0 Å². The Bertz CT molecular complexity index is 1370. The summed E-state index contributed by atoms with van der Waals surface area (Å²) in [6.45, 7) is 0.450. The summed E-state index contributed by atoms with van der Waals surface area (Å²) in [4.78, 5) is 17.5. The molecule has 9 nitrogen and oxygen atoms in total. The van der Waals surface area contributed by atoms with Gasteiger partial charge in [-0.15, -0.1) is 0 Å². The van der Waals surface area contributed by atoms with Crippen LogP contribution in [0.15, 0.2) is 71.9 Å². The highest BCUT2D eigenvalue weighted by Crippen LogP contribution is 2.26. The molecule has 0 amide bonds. The predicted molar refractivity (Wildman–Crippen MR) is 115 cm³/mol. The van der Waals surface area contributed by atoms with Crippen LogP contribution in [0.4, 0.5) is 11.5 Å². The summed E-state index contributed by atoms with van der Waals surface area (Å²) < 4.78 is 0. The number of allylic oxidation sites excluding steroid dienone is 4. The number of nitriles is 1. The molecule has 2 aliphatic rings. The van der Waals surface area contributed by atoms with E-state index < -0.39 is 0 Å². The number of hydrogen-bond donors (Lipinski definition) is 2. The summed E-state index contributed by atoms with van der Waals surface area (Å²) in [7, 11) is 0. The molecule has 0 atom stereocenters. The van der Waals surface area contributed by atoms with Gasteiger partial charge in [0.2, 0.25) is 0 Å². The zero-order valence-electron chi connectivity index (χ0n) is 16.4. The van der Waals surface area contributed by atoms with Crippen LogP contribution in [0.25, 0.3) is 16.8 Å². The number of anilines is 2. The van der Waals surface area contributed by atoms with Crippen molar-refractivity contribution in [3.8, 4) is 17.3 Å². The number of nitrogens with zero attached hydrogens (tertiary/aromatic N) is 7. The van der Waals surface area contributed by atoms with Gasteiger partial charge < -0.3 is 5.73 Å². The van der Waals surface area contributed by atoms with Crippen LogP contribution in [0.1, 0.15) is 12.1 Å². The van der Waals surface area contributed by atoms with Crippen molar-refractivity contribution < 1.29 is 0 Å². The number of nitrogens with two attached hydrogens (primary N) is 1. The Morgan fingerprint density at radius 1 is 1.19 bits per heavy atom. The van der Waals surface area contributed by atoms with E-state index in [0.29, 0.717) is 46.4 Å². The molecule has 9 heteroatoms. The number of pyridine rings is 2. The predicted octanol–water partition coefficient (Wildman–Crippen LogP) is 1.45. The molecule has 5 rings (SSSR count). The molecule has 0 bridgehead atoms. The zero-order chi connectivity index (χ0) is 21.2. The molecule has 0 unspecified atom stereocenters. The highest BCUT2D eigenvalue weighted by molar-refractivity contribution is 5.81. The minimum absolute atomic E-state index is 0.299. The second-order valence-corrected chi connectivity index (χ2v) is 6.97. The molecule has 0 saturated carbocycles. The van der Waals surface area contributed by atoms with Gasteiger partial charge in [0.15, 0.2) is 11.2 Å². The molecule has 1 aliphatic heterocycles. The molecule has 0 aromatic carbocycles. The van der Waals surface area contributed by atoms with Crippen LogP contribution >= 0.6 is 0 Å². The largest absolute Gasteiger partial charge is 0.382 e. The first-order chi connectivity index (χ1) is 15.2. The SMILES string of the molecule is N#CC1=CC(=c2nc(N)c3c(c2-c2ccncn2)NN(Cc2ccccn2)N=3)CC=C1. The normalized spacial score (nSPS) is 16.1. The summed E-state index contributed by atoms with van der Waals surface area (Å²) in [5.74, 6) is 0.299. The molecule has 0 fully saturated rings. The number of rotatable bonds is 3. The first kappa shape index (κ1) is 18.4. The summed E-state index contributed by atoms with van der Waals surface area (Å²) in [5.41, 5.74) is 14.1. The number of aromatic nitrogens is 4. The molecule has 31 heavy (non-hydrogen) atoms. The number of fused-ring (bicyclic) bond motifs is 1. The Kier molecular flexibility index (Phi) is 4.57. The molecular weight excluding hydrogens is 390 g/mol. The zero-order valence-corrected chi connectivity index (χ0v) is 16.4. The van der Waals surface area contributed by atoms with Gasteiger partial charge >= 0.3 is 0 Å². The molecule has 150 valence electrons. The lowest BCUT2D eigenvalue weighted by atomic mass is 9.98. The van der Waals surface area contributed by atoms with Crippen molar-refractivity contribution in [1.82, 2.24) is 25.1 Å². The van der Waals surface area contributed by atoms with Gasteiger partial charge in [0.1, 0.15) is 12.9 Å². The van der Waals surface area contributed by atoms with Crippen LogP contribution in [-0.4, -0.2) is 25.1 Å². The van der Waals surface area contributed by atoms with E-state index in [4.69, 9.17) is 5.73 Å².